The number of hydrazine groups is 1. The van der Waals surface area contributed by atoms with Crippen LogP contribution in [0.2, 0.25) is 0 Å². The molecule has 0 saturated carbocycles. The zero-order chi connectivity index (χ0) is 11.1. The van der Waals surface area contributed by atoms with Crippen LogP contribution in [-0.4, -0.2) is 11.8 Å². The van der Waals surface area contributed by atoms with Crippen molar-refractivity contribution in [2.75, 3.05) is 5.88 Å². The lowest BCUT2D eigenvalue weighted by Gasteiger charge is -2.14. The van der Waals surface area contributed by atoms with E-state index in [1.807, 2.05) is 30.3 Å². The van der Waals surface area contributed by atoms with Crippen LogP contribution >= 0.6 is 11.6 Å². The van der Waals surface area contributed by atoms with E-state index in [4.69, 9.17) is 17.4 Å². The van der Waals surface area contributed by atoms with Crippen LogP contribution in [0.4, 0.5) is 0 Å². The van der Waals surface area contributed by atoms with Crippen molar-refractivity contribution in [1.82, 2.24) is 5.43 Å². The molecular formula is C11H15ClN2O. The molecule has 0 fully saturated rings. The minimum Gasteiger partial charge on any atom is -0.294 e. The number of rotatable bonds is 5. The average molecular weight is 227 g/mol. The summed E-state index contributed by atoms with van der Waals surface area (Å²) >= 11 is 5.62. The maximum Gasteiger partial charge on any atom is 0.241 e. The van der Waals surface area contributed by atoms with Crippen LogP contribution in [0.15, 0.2) is 30.3 Å². The standard InChI is InChI=1S/C11H15ClN2O/c12-8-4-7-10(11(15)14-13)9-5-2-1-3-6-9/h1-3,5-6,10H,4,7-8,13H2,(H,14,15). The van der Waals surface area contributed by atoms with Gasteiger partial charge in [0.15, 0.2) is 0 Å². The zero-order valence-corrected chi connectivity index (χ0v) is 9.20. The summed E-state index contributed by atoms with van der Waals surface area (Å²) in [6.07, 6.45) is 1.52. The first-order valence-corrected chi connectivity index (χ1v) is 5.44. The molecule has 1 atom stereocenters. The van der Waals surface area contributed by atoms with Gasteiger partial charge < -0.3 is 0 Å². The Bertz CT molecular complexity index is 303. The molecule has 1 amide bonds. The van der Waals surface area contributed by atoms with Gasteiger partial charge in [0.05, 0.1) is 5.92 Å². The summed E-state index contributed by atoms with van der Waals surface area (Å²) in [5.41, 5.74) is 3.17. The Labute approximate surface area is 94.6 Å². The summed E-state index contributed by atoms with van der Waals surface area (Å²) in [4.78, 5) is 11.5. The summed E-state index contributed by atoms with van der Waals surface area (Å²) in [5.74, 6) is 5.35. The fourth-order valence-corrected chi connectivity index (χ4v) is 1.67. The predicted molar refractivity (Wildman–Crippen MR) is 61.5 cm³/mol. The van der Waals surface area contributed by atoms with Gasteiger partial charge in [-0.25, -0.2) is 5.84 Å². The van der Waals surface area contributed by atoms with E-state index >= 15 is 0 Å². The Kier molecular flexibility index (Phi) is 5.15. The fraction of sp³-hybridized carbons (Fsp3) is 0.364. The van der Waals surface area contributed by atoms with Gasteiger partial charge in [0.25, 0.3) is 0 Å². The summed E-state index contributed by atoms with van der Waals surface area (Å²) < 4.78 is 0. The van der Waals surface area contributed by atoms with E-state index in [0.717, 1.165) is 18.4 Å². The van der Waals surface area contributed by atoms with Gasteiger partial charge in [-0.3, -0.25) is 10.2 Å². The van der Waals surface area contributed by atoms with Gasteiger partial charge in [-0.05, 0) is 18.4 Å². The summed E-state index contributed by atoms with van der Waals surface area (Å²) in [6.45, 7) is 0. The Morgan fingerprint density at radius 1 is 1.40 bits per heavy atom. The van der Waals surface area contributed by atoms with E-state index < -0.39 is 0 Å². The van der Waals surface area contributed by atoms with Crippen molar-refractivity contribution >= 4 is 17.5 Å². The number of hydrogen-bond acceptors (Lipinski definition) is 2. The molecule has 0 spiro atoms. The van der Waals surface area contributed by atoms with Crippen molar-refractivity contribution in [2.24, 2.45) is 5.84 Å². The number of carbonyl (C=O) groups is 1. The summed E-state index contributed by atoms with van der Waals surface area (Å²) in [5, 5.41) is 0. The van der Waals surface area contributed by atoms with Crippen molar-refractivity contribution in [3.63, 3.8) is 0 Å². The second kappa shape index (κ2) is 6.43. The van der Waals surface area contributed by atoms with Crippen LogP contribution in [0.3, 0.4) is 0 Å². The molecule has 3 N–H and O–H groups in total. The number of nitrogens with one attached hydrogen (secondary N) is 1. The Hall–Kier alpha value is -1.06. The van der Waals surface area contributed by atoms with Crippen LogP contribution in [0.25, 0.3) is 0 Å². The number of carbonyl (C=O) groups excluding carboxylic acids is 1. The first kappa shape index (κ1) is 12.0. The van der Waals surface area contributed by atoms with Gasteiger partial charge in [0.1, 0.15) is 0 Å². The SMILES string of the molecule is NNC(=O)C(CCCCl)c1ccccc1. The van der Waals surface area contributed by atoms with Crippen molar-refractivity contribution in [3.05, 3.63) is 35.9 Å². The molecule has 0 aliphatic rings. The number of benzene rings is 1. The van der Waals surface area contributed by atoms with Crippen molar-refractivity contribution in [3.8, 4) is 0 Å². The molecule has 4 heteroatoms. The molecule has 0 aliphatic heterocycles. The van der Waals surface area contributed by atoms with Gasteiger partial charge in [-0.1, -0.05) is 30.3 Å². The number of halogens is 1. The predicted octanol–water partition coefficient (Wildman–Crippen LogP) is 1.78. The Morgan fingerprint density at radius 2 is 2.07 bits per heavy atom. The number of hydrogen-bond donors (Lipinski definition) is 2. The third-order valence-electron chi connectivity index (χ3n) is 2.29. The van der Waals surface area contributed by atoms with Crippen LogP contribution < -0.4 is 11.3 Å². The highest BCUT2D eigenvalue weighted by molar-refractivity contribution is 6.17. The highest BCUT2D eigenvalue weighted by atomic mass is 35.5. The van der Waals surface area contributed by atoms with Gasteiger partial charge in [-0.2, -0.15) is 0 Å². The first-order chi connectivity index (χ1) is 7.29. The molecule has 15 heavy (non-hydrogen) atoms. The fourth-order valence-electron chi connectivity index (χ4n) is 1.52. The highest BCUT2D eigenvalue weighted by Crippen LogP contribution is 2.21. The van der Waals surface area contributed by atoms with Crippen LogP contribution in [0, 0.1) is 0 Å². The number of alkyl halides is 1. The Morgan fingerprint density at radius 3 is 2.60 bits per heavy atom. The smallest absolute Gasteiger partial charge is 0.241 e. The van der Waals surface area contributed by atoms with Gasteiger partial charge >= 0.3 is 0 Å². The van der Waals surface area contributed by atoms with E-state index in [-0.39, 0.29) is 11.8 Å². The van der Waals surface area contributed by atoms with E-state index in [9.17, 15) is 4.79 Å². The maximum atomic E-state index is 11.5. The van der Waals surface area contributed by atoms with E-state index in [2.05, 4.69) is 5.43 Å². The lowest BCUT2D eigenvalue weighted by atomic mass is 9.94. The first-order valence-electron chi connectivity index (χ1n) is 4.91. The normalized spacial score (nSPS) is 12.1. The highest BCUT2D eigenvalue weighted by Gasteiger charge is 2.18. The topological polar surface area (TPSA) is 55.1 Å². The molecule has 1 rings (SSSR count). The Balaban J connectivity index is 2.76. The molecule has 1 unspecified atom stereocenters. The van der Waals surface area contributed by atoms with Crippen LogP contribution in [0.1, 0.15) is 24.3 Å². The number of amides is 1. The molecule has 0 radical (unpaired) electrons. The van der Waals surface area contributed by atoms with Crippen molar-refractivity contribution in [1.29, 1.82) is 0 Å². The minimum absolute atomic E-state index is 0.161. The summed E-state index contributed by atoms with van der Waals surface area (Å²) in [6, 6.07) is 9.59. The molecule has 0 aliphatic carbocycles. The molecule has 82 valence electrons. The molecular weight excluding hydrogens is 212 g/mol. The van der Waals surface area contributed by atoms with Crippen molar-refractivity contribution < 1.29 is 4.79 Å². The molecule has 0 aromatic heterocycles. The third kappa shape index (κ3) is 3.53. The van der Waals surface area contributed by atoms with Crippen LogP contribution in [0.5, 0.6) is 0 Å². The number of nitrogens with two attached hydrogens (primary N) is 1. The summed E-state index contributed by atoms with van der Waals surface area (Å²) in [7, 11) is 0. The maximum absolute atomic E-state index is 11.5. The molecule has 3 nitrogen and oxygen atoms in total. The van der Waals surface area contributed by atoms with E-state index in [1.165, 1.54) is 0 Å². The van der Waals surface area contributed by atoms with Gasteiger partial charge in [0.2, 0.25) is 5.91 Å². The second-order valence-electron chi connectivity index (χ2n) is 3.30. The van der Waals surface area contributed by atoms with Crippen LogP contribution in [-0.2, 0) is 4.79 Å². The molecule has 0 bridgehead atoms. The van der Waals surface area contributed by atoms with Crippen molar-refractivity contribution in [2.45, 2.75) is 18.8 Å². The molecule has 1 aromatic rings. The minimum atomic E-state index is -0.199. The third-order valence-corrected chi connectivity index (χ3v) is 2.55. The lowest BCUT2D eigenvalue weighted by molar-refractivity contribution is -0.122. The van der Waals surface area contributed by atoms with Gasteiger partial charge in [-0.15, -0.1) is 11.6 Å². The average Bonchev–Trinajstić information content (AvgIpc) is 2.30. The monoisotopic (exact) mass is 226 g/mol. The quantitative estimate of drug-likeness (QED) is 0.348. The molecule has 0 saturated heterocycles. The molecule has 1 aromatic carbocycles. The second-order valence-corrected chi connectivity index (χ2v) is 3.68. The zero-order valence-electron chi connectivity index (χ0n) is 8.45. The largest absolute Gasteiger partial charge is 0.294 e. The van der Waals surface area contributed by atoms with Gasteiger partial charge in [0, 0.05) is 5.88 Å². The van der Waals surface area contributed by atoms with E-state index in [0.29, 0.717) is 5.88 Å². The molecule has 0 heterocycles. The van der Waals surface area contributed by atoms with E-state index in [1.54, 1.807) is 0 Å². The lowest BCUT2D eigenvalue weighted by Crippen LogP contribution is -2.34.